The van der Waals surface area contributed by atoms with Gasteiger partial charge in [0, 0.05) is 17.1 Å². The van der Waals surface area contributed by atoms with E-state index in [2.05, 4.69) is 110 Å². The highest BCUT2D eigenvalue weighted by Crippen LogP contribution is 2.34. The van der Waals surface area contributed by atoms with Crippen molar-refractivity contribution in [3.63, 3.8) is 0 Å². The fraction of sp³-hybridized carbons (Fsp3) is 0.0968. The fourth-order valence-electron chi connectivity index (χ4n) is 3.64. The molecule has 4 aromatic carbocycles. The first-order valence-electron chi connectivity index (χ1n) is 11.0. The first-order valence-corrected chi connectivity index (χ1v) is 11.0. The molecule has 1 heteroatoms. The molecular formula is C31H31N. The third-order valence-electron chi connectivity index (χ3n) is 5.33. The van der Waals surface area contributed by atoms with E-state index in [1.165, 1.54) is 27.5 Å². The van der Waals surface area contributed by atoms with Crippen LogP contribution in [0.4, 0.5) is 11.4 Å². The maximum Gasteiger partial charge on any atom is 0.0467 e. The van der Waals surface area contributed by atoms with Crippen LogP contribution in [0.5, 0.6) is 0 Å². The molecule has 0 radical (unpaired) electrons. The van der Waals surface area contributed by atoms with Gasteiger partial charge in [-0.2, -0.15) is 0 Å². The fourth-order valence-corrected chi connectivity index (χ4v) is 3.64. The van der Waals surface area contributed by atoms with Crippen LogP contribution in [-0.4, -0.2) is 0 Å². The standard InChI is InChI=1S/C29H25N.C2H6/c1-5-22(4)30(28-16-13-24(14-17-28)23-9-7-6-8-10-23)29-18-15-26-19-25(21(2)3)11-12-27(26)20-29;1-2/h5-20H,1-2,4H2,3H3;1-2H3. The van der Waals surface area contributed by atoms with Crippen LogP contribution < -0.4 is 4.90 Å². The van der Waals surface area contributed by atoms with Crippen LogP contribution in [0.2, 0.25) is 0 Å². The Morgan fingerprint density at radius 1 is 0.688 bits per heavy atom. The van der Waals surface area contributed by atoms with Crippen LogP contribution in [0.1, 0.15) is 26.3 Å². The summed E-state index contributed by atoms with van der Waals surface area (Å²) in [5.74, 6) is 0. The lowest BCUT2D eigenvalue weighted by molar-refractivity contribution is 1.22. The van der Waals surface area contributed by atoms with Crippen LogP contribution in [0.15, 0.2) is 123 Å². The number of allylic oxidation sites excluding steroid dienone is 2. The Morgan fingerprint density at radius 2 is 1.25 bits per heavy atom. The average molecular weight is 418 g/mol. The van der Waals surface area contributed by atoms with Crippen molar-refractivity contribution in [3.8, 4) is 11.1 Å². The maximum atomic E-state index is 4.22. The van der Waals surface area contributed by atoms with Crippen molar-refractivity contribution in [2.24, 2.45) is 0 Å². The van der Waals surface area contributed by atoms with E-state index < -0.39 is 0 Å². The van der Waals surface area contributed by atoms with E-state index in [-0.39, 0.29) is 0 Å². The third-order valence-corrected chi connectivity index (χ3v) is 5.33. The lowest BCUT2D eigenvalue weighted by atomic mass is 10.0. The van der Waals surface area contributed by atoms with Gasteiger partial charge in [-0.05, 0) is 70.8 Å². The predicted molar refractivity (Wildman–Crippen MR) is 143 cm³/mol. The minimum absolute atomic E-state index is 0.834. The highest BCUT2D eigenvalue weighted by molar-refractivity contribution is 5.90. The van der Waals surface area contributed by atoms with Gasteiger partial charge in [0.25, 0.3) is 0 Å². The van der Waals surface area contributed by atoms with Crippen molar-refractivity contribution in [1.29, 1.82) is 0 Å². The lowest BCUT2D eigenvalue weighted by Gasteiger charge is -2.26. The zero-order valence-electron chi connectivity index (χ0n) is 19.3. The number of hydrogen-bond donors (Lipinski definition) is 0. The first-order chi connectivity index (χ1) is 15.6. The molecule has 0 aromatic heterocycles. The molecule has 0 heterocycles. The van der Waals surface area contributed by atoms with Gasteiger partial charge in [0.2, 0.25) is 0 Å². The summed E-state index contributed by atoms with van der Waals surface area (Å²) in [5.41, 5.74) is 7.58. The molecule has 0 amide bonds. The van der Waals surface area contributed by atoms with E-state index in [9.17, 15) is 0 Å². The van der Waals surface area contributed by atoms with E-state index in [0.717, 1.165) is 22.6 Å². The summed E-state index contributed by atoms with van der Waals surface area (Å²) in [6, 6.07) is 31.9. The van der Waals surface area contributed by atoms with E-state index in [0.29, 0.717) is 0 Å². The summed E-state index contributed by atoms with van der Waals surface area (Å²) in [4.78, 5) is 2.13. The smallest absolute Gasteiger partial charge is 0.0467 e. The summed E-state index contributed by atoms with van der Waals surface area (Å²) < 4.78 is 0. The zero-order chi connectivity index (χ0) is 23.1. The van der Waals surface area contributed by atoms with Crippen molar-refractivity contribution in [2.75, 3.05) is 4.90 Å². The zero-order valence-corrected chi connectivity index (χ0v) is 19.3. The van der Waals surface area contributed by atoms with Crippen molar-refractivity contribution < 1.29 is 0 Å². The molecule has 0 aliphatic heterocycles. The van der Waals surface area contributed by atoms with Crippen molar-refractivity contribution in [2.45, 2.75) is 20.8 Å². The van der Waals surface area contributed by atoms with E-state index in [4.69, 9.17) is 0 Å². The Bertz CT molecular complexity index is 1230. The van der Waals surface area contributed by atoms with Gasteiger partial charge in [0.15, 0.2) is 0 Å². The first kappa shape index (κ1) is 22.8. The summed E-state index contributed by atoms with van der Waals surface area (Å²) in [6.45, 7) is 18.2. The Morgan fingerprint density at radius 3 is 1.88 bits per heavy atom. The minimum atomic E-state index is 0.834. The average Bonchev–Trinajstić information content (AvgIpc) is 2.86. The van der Waals surface area contributed by atoms with Crippen molar-refractivity contribution in [3.05, 3.63) is 128 Å². The van der Waals surface area contributed by atoms with E-state index >= 15 is 0 Å². The Kier molecular flexibility index (Phi) is 7.46. The molecule has 0 saturated heterocycles. The van der Waals surface area contributed by atoms with Gasteiger partial charge in [-0.1, -0.05) is 99.8 Å². The van der Waals surface area contributed by atoms with E-state index in [1.54, 1.807) is 6.08 Å². The van der Waals surface area contributed by atoms with Gasteiger partial charge < -0.3 is 4.90 Å². The molecule has 32 heavy (non-hydrogen) atoms. The molecule has 0 bridgehead atoms. The molecule has 0 aliphatic rings. The number of nitrogens with zero attached hydrogens (tertiary/aromatic N) is 1. The maximum absolute atomic E-state index is 4.22. The molecule has 0 N–H and O–H groups in total. The molecule has 0 fully saturated rings. The van der Waals surface area contributed by atoms with Crippen LogP contribution in [0.3, 0.4) is 0 Å². The largest absolute Gasteiger partial charge is 0.311 e. The monoisotopic (exact) mass is 417 g/mol. The van der Waals surface area contributed by atoms with Gasteiger partial charge >= 0.3 is 0 Å². The van der Waals surface area contributed by atoms with E-state index in [1.807, 2.05) is 26.8 Å². The van der Waals surface area contributed by atoms with Crippen molar-refractivity contribution in [1.82, 2.24) is 0 Å². The van der Waals surface area contributed by atoms with Crippen LogP contribution in [0.25, 0.3) is 27.5 Å². The van der Waals surface area contributed by atoms with Gasteiger partial charge in [0.1, 0.15) is 0 Å². The Labute approximate surface area is 192 Å². The molecule has 0 atom stereocenters. The molecule has 0 spiro atoms. The van der Waals surface area contributed by atoms with Crippen LogP contribution in [-0.2, 0) is 0 Å². The number of rotatable bonds is 6. The number of hydrogen-bond acceptors (Lipinski definition) is 1. The summed E-state index contributed by atoms with van der Waals surface area (Å²) in [7, 11) is 0. The normalized spacial score (nSPS) is 10.1. The van der Waals surface area contributed by atoms with Crippen LogP contribution in [0, 0.1) is 0 Å². The molecular weight excluding hydrogens is 386 g/mol. The van der Waals surface area contributed by atoms with Gasteiger partial charge in [0.05, 0.1) is 0 Å². The Hall–Kier alpha value is -3.84. The third kappa shape index (κ3) is 4.90. The predicted octanol–water partition coefficient (Wildman–Crippen LogP) is 9.40. The second-order valence-corrected chi connectivity index (χ2v) is 7.47. The van der Waals surface area contributed by atoms with Gasteiger partial charge in [-0.25, -0.2) is 0 Å². The minimum Gasteiger partial charge on any atom is -0.311 e. The Balaban J connectivity index is 0.00000141. The molecule has 4 rings (SSSR count). The number of anilines is 2. The second-order valence-electron chi connectivity index (χ2n) is 7.47. The molecule has 1 nitrogen and oxygen atoms in total. The molecule has 160 valence electrons. The molecule has 0 unspecified atom stereocenters. The topological polar surface area (TPSA) is 3.24 Å². The summed E-state index contributed by atoms with van der Waals surface area (Å²) >= 11 is 0. The molecule has 4 aromatic rings. The highest BCUT2D eigenvalue weighted by Gasteiger charge is 2.12. The molecule has 0 saturated carbocycles. The highest BCUT2D eigenvalue weighted by atomic mass is 15.1. The quantitative estimate of drug-likeness (QED) is 0.282. The van der Waals surface area contributed by atoms with Gasteiger partial charge in [-0.3, -0.25) is 0 Å². The van der Waals surface area contributed by atoms with Crippen LogP contribution >= 0.6 is 0 Å². The lowest BCUT2D eigenvalue weighted by Crippen LogP contribution is -2.14. The second kappa shape index (κ2) is 10.5. The number of benzene rings is 4. The molecule has 0 aliphatic carbocycles. The SMILES string of the molecule is C=CC(=C)N(c1ccc(-c2ccccc2)cc1)c1ccc2cc(C(=C)C)ccc2c1.CC. The summed E-state index contributed by atoms with van der Waals surface area (Å²) in [5, 5.41) is 2.38. The summed E-state index contributed by atoms with van der Waals surface area (Å²) in [6.07, 6.45) is 1.79. The van der Waals surface area contributed by atoms with Gasteiger partial charge in [-0.15, -0.1) is 0 Å². The van der Waals surface area contributed by atoms with Crippen molar-refractivity contribution >= 4 is 27.7 Å². The number of fused-ring (bicyclic) bond motifs is 1.